The van der Waals surface area contributed by atoms with Crippen LogP contribution < -0.4 is 5.32 Å². The van der Waals surface area contributed by atoms with Gasteiger partial charge in [0.15, 0.2) is 0 Å². The second-order valence-corrected chi connectivity index (χ2v) is 5.27. The van der Waals surface area contributed by atoms with E-state index < -0.39 is 0 Å². The summed E-state index contributed by atoms with van der Waals surface area (Å²) in [5.41, 5.74) is 0.0424. The molecule has 1 fully saturated rings. The number of amides is 1. The number of rotatable bonds is 4. The van der Waals surface area contributed by atoms with Crippen LogP contribution >= 0.6 is 0 Å². The van der Waals surface area contributed by atoms with Gasteiger partial charge in [0, 0.05) is 19.5 Å². The summed E-state index contributed by atoms with van der Waals surface area (Å²) in [7, 11) is 1.95. The number of hydrogen-bond donors (Lipinski definition) is 1. The first-order valence-electron chi connectivity index (χ1n) is 5.94. The Labute approximate surface area is 93.2 Å². The molecule has 15 heavy (non-hydrogen) atoms. The molecule has 1 aliphatic heterocycles. The first kappa shape index (κ1) is 12.5. The summed E-state index contributed by atoms with van der Waals surface area (Å²) in [6.07, 6.45) is 2.94. The first-order chi connectivity index (χ1) is 6.99. The van der Waals surface area contributed by atoms with Crippen molar-refractivity contribution >= 4 is 5.91 Å². The number of likely N-dealkylation sites (tertiary alicyclic amines) is 1. The second kappa shape index (κ2) is 4.97. The van der Waals surface area contributed by atoms with Gasteiger partial charge in [-0.2, -0.15) is 0 Å². The highest BCUT2D eigenvalue weighted by Gasteiger charge is 2.38. The monoisotopic (exact) mass is 212 g/mol. The van der Waals surface area contributed by atoms with E-state index in [1.54, 1.807) is 0 Å². The van der Waals surface area contributed by atoms with Crippen LogP contribution in [-0.4, -0.2) is 36.5 Å². The molecule has 0 aromatic heterocycles. The topological polar surface area (TPSA) is 32.3 Å². The van der Waals surface area contributed by atoms with Gasteiger partial charge >= 0.3 is 0 Å². The molecule has 0 radical (unpaired) electrons. The van der Waals surface area contributed by atoms with Crippen molar-refractivity contribution in [3.05, 3.63) is 0 Å². The van der Waals surface area contributed by atoms with Gasteiger partial charge in [-0.05, 0) is 32.7 Å². The number of carbonyl (C=O) groups excluding carboxylic acids is 1. The Hall–Kier alpha value is -0.570. The van der Waals surface area contributed by atoms with Crippen LogP contribution in [0.15, 0.2) is 0 Å². The van der Waals surface area contributed by atoms with Crippen LogP contribution in [-0.2, 0) is 4.79 Å². The van der Waals surface area contributed by atoms with Crippen LogP contribution in [0.25, 0.3) is 0 Å². The Morgan fingerprint density at radius 2 is 2.20 bits per heavy atom. The predicted octanol–water partition coefficient (Wildman–Crippen LogP) is 1.63. The third-order valence-electron chi connectivity index (χ3n) is 3.19. The van der Waals surface area contributed by atoms with E-state index in [1.165, 1.54) is 0 Å². The number of likely N-dealkylation sites (N-methyl/N-ethyl adjacent to an activating group) is 1. The average Bonchev–Trinajstić information content (AvgIpc) is 2.46. The molecule has 1 atom stereocenters. The van der Waals surface area contributed by atoms with Gasteiger partial charge in [-0.15, -0.1) is 0 Å². The van der Waals surface area contributed by atoms with Crippen LogP contribution in [0.4, 0.5) is 0 Å². The van der Waals surface area contributed by atoms with Crippen molar-refractivity contribution < 1.29 is 4.79 Å². The highest BCUT2D eigenvalue weighted by Crippen LogP contribution is 2.29. The van der Waals surface area contributed by atoms with Crippen molar-refractivity contribution in [2.45, 2.75) is 45.6 Å². The minimum absolute atomic E-state index is 0.0424. The molecule has 1 aliphatic rings. The molecule has 1 unspecified atom stereocenters. The minimum atomic E-state index is 0.0424. The zero-order valence-corrected chi connectivity index (χ0v) is 10.5. The maximum absolute atomic E-state index is 12.0. The number of nitrogens with one attached hydrogen (secondary N) is 1. The Morgan fingerprint density at radius 1 is 1.53 bits per heavy atom. The lowest BCUT2D eigenvalue weighted by atomic mass is 9.98. The van der Waals surface area contributed by atoms with Crippen LogP contribution in [0.3, 0.4) is 0 Å². The van der Waals surface area contributed by atoms with Gasteiger partial charge in [-0.3, -0.25) is 4.79 Å². The maximum Gasteiger partial charge on any atom is 0.223 e. The molecular formula is C12H24N2O. The van der Waals surface area contributed by atoms with Gasteiger partial charge in [0.25, 0.3) is 0 Å². The number of nitrogens with zero attached hydrogens (tertiary/aromatic N) is 1. The number of hydrogen-bond acceptors (Lipinski definition) is 2. The van der Waals surface area contributed by atoms with Crippen LogP contribution in [0, 0.1) is 5.92 Å². The van der Waals surface area contributed by atoms with Gasteiger partial charge in [0.05, 0.1) is 5.54 Å². The lowest BCUT2D eigenvalue weighted by Gasteiger charge is -2.35. The molecule has 1 amide bonds. The summed E-state index contributed by atoms with van der Waals surface area (Å²) >= 11 is 0. The highest BCUT2D eigenvalue weighted by molar-refractivity contribution is 5.77. The van der Waals surface area contributed by atoms with Crippen molar-refractivity contribution in [2.24, 2.45) is 5.92 Å². The van der Waals surface area contributed by atoms with E-state index in [-0.39, 0.29) is 5.54 Å². The van der Waals surface area contributed by atoms with E-state index in [0.717, 1.165) is 25.9 Å². The lowest BCUT2D eigenvalue weighted by molar-refractivity contribution is -0.135. The standard InChI is InChI=1S/C12H24N2O/c1-10(2)8-11(15)14-7-5-6-12(14,3)9-13-4/h10,13H,5-9H2,1-4H3. The summed E-state index contributed by atoms with van der Waals surface area (Å²) < 4.78 is 0. The van der Waals surface area contributed by atoms with E-state index in [1.807, 2.05) is 7.05 Å². The molecule has 0 spiro atoms. The predicted molar refractivity (Wildman–Crippen MR) is 62.7 cm³/mol. The molecule has 0 aliphatic carbocycles. The Morgan fingerprint density at radius 3 is 2.73 bits per heavy atom. The van der Waals surface area contributed by atoms with Gasteiger partial charge in [0.2, 0.25) is 5.91 Å². The second-order valence-electron chi connectivity index (χ2n) is 5.27. The highest BCUT2D eigenvalue weighted by atomic mass is 16.2. The maximum atomic E-state index is 12.0. The van der Waals surface area contributed by atoms with Crippen molar-refractivity contribution in [2.75, 3.05) is 20.1 Å². The van der Waals surface area contributed by atoms with E-state index >= 15 is 0 Å². The van der Waals surface area contributed by atoms with Gasteiger partial charge < -0.3 is 10.2 Å². The molecule has 88 valence electrons. The van der Waals surface area contributed by atoms with Crippen LogP contribution in [0.5, 0.6) is 0 Å². The molecule has 1 rings (SSSR count). The summed E-state index contributed by atoms with van der Waals surface area (Å²) in [6, 6.07) is 0. The number of carbonyl (C=O) groups is 1. The SMILES string of the molecule is CNCC1(C)CCCN1C(=O)CC(C)C. The molecule has 0 saturated carbocycles. The Kier molecular flexibility index (Phi) is 4.14. The van der Waals surface area contributed by atoms with E-state index in [9.17, 15) is 4.79 Å². The van der Waals surface area contributed by atoms with E-state index in [0.29, 0.717) is 18.2 Å². The van der Waals surface area contributed by atoms with E-state index in [4.69, 9.17) is 0 Å². The smallest absolute Gasteiger partial charge is 0.223 e. The Bertz CT molecular complexity index is 228. The van der Waals surface area contributed by atoms with Crippen LogP contribution in [0.1, 0.15) is 40.0 Å². The van der Waals surface area contributed by atoms with Crippen molar-refractivity contribution in [3.63, 3.8) is 0 Å². The van der Waals surface area contributed by atoms with Crippen LogP contribution in [0.2, 0.25) is 0 Å². The summed E-state index contributed by atoms with van der Waals surface area (Å²) in [5, 5.41) is 3.19. The zero-order valence-electron chi connectivity index (χ0n) is 10.5. The van der Waals surface area contributed by atoms with Crippen molar-refractivity contribution in [1.29, 1.82) is 0 Å². The molecular weight excluding hydrogens is 188 g/mol. The van der Waals surface area contributed by atoms with Crippen molar-refractivity contribution in [3.8, 4) is 0 Å². The molecule has 0 aromatic carbocycles. The fraction of sp³-hybridized carbons (Fsp3) is 0.917. The molecule has 1 heterocycles. The average molecular weight is 212 g/mol. The van der Waals surface area contributed by atoms with Crippen molar-refractivity contribution in [1.82, 2.24) is 10.2 Å². The summed E-state index contributed by atoms with van der Waals surface area (Å²) in [4.78, 5) is 14.1. The molecule has 0 bridgehead atoms. The molecule has 3 heteroatoms. The van der Waals surface area contributed by atoms with Gasteiger partial charge in [0.1, 0.15) is 0 Å². The quantitative estimate of drug-likeness (QED) is 0.768. The molecule has 0 aromatic rings. The Balaban J connectivity index is 2.63. The summed E-state index contributed by atoms with van der Waals surface area (Å²) in [6.45, 7) is 8.22. The zero-order chi connectivity index (χ0) is 11.5. The molecule has 1 saturated heterocycles. The third-order valence-corrected chi connectivity index (χ3v) is 3.19. The molecule has 1 N–H and O–H groups in total. The molecule has 3 nitrogen and oxygen atoms in total. The third kappa shape index (κ3) is 2.94. The lowest BCUT2D eigenvalue weighted by Crippen LogP contribution is -2.50. The summed E-state index contributed by atoms with van der Waals surface area (Å²) in [5.74, 6) is 0.775. The fourth-order valence-electron chi connectivity index (χ4n) is 2.47. The van der Waals surface area contributed by atoms with Gasteiger partial charge in [-0.1, -0.05) is 13.8 Å². The van der Waals surface area contributed by atoms with Gasteiger partial charge in [-0.25, -0.2) is 0 Å². The normalized spacial score (nSPS) is 26.3. The first-order valence-corrected chi connectivity index (χ1v) is 5.94. The minimum Gasteiger partial charge on any atom is -0.336 e. The van der Waals surface area contributed by atoms with E-state index in [2.05, 4.69) is 31.0 Å². The fourth-order valence-corrected chi connectivity index (χ4v) is 2.47. The largest absolute Gasteiger partial charge is 0.336 e.